The van der Waals surface area contributed by atoms with E-state index in [1.807, 2.05) is 18.2 Å². The average Bonchev–Trinajstić information content (AvgIpc) is 2.63. The Bertz CT molecular complexity index is 798. The average molecular weight is 342 g/mol. The number of aromatic nitrogens is 1. The monoisotopic (exact) mass is 342 g/mol. The molecule has 0 bridgehead atoms. The summed E-state index contributed by atoms with van der Waals surface area (Å²) in [6.45, 7) is 4.78. The molecule has 0 aliphatic carbocycles. The molecule has 134 valence electrons. The molecule has 0 radical (unpaired) electrons. The second-order valence-corrected chi connectivity index (χ2v) is 6.46. The smallest absolute Gasteiger partial charge is 0.263 e. The highest BCUT2D eigenvalue weighted by Gasteiger charge is 2.27. The Morgan fingerprint density at radius 1 is 1.24 bits per heavy atom. The van der Waals surface area contributed by atoms with Crippen molar-refractivity contribution in [1.29, 1.82) is 0 Å². The number of nitrogens with one attached hydrogen (secondary N) is 1. The Morgan fingerprint density at radius 3 is 2.64 bits per heavy atom. The van der Waals surface area contributed by atoms with E-state index in [4.69, 9.17) is 4.74 Å². The van der Waals surface area contributed by atoms with Crippen molar-refractivity contribution in [2.75, 3.05) is 13.7 Å². The molecule has 0 saturated carbocycles. The number of pyridine rings is 1. The molecule has 1 aromatic heterocycles. The number of hydrogen-bond acceptors (Lipinski definition) is 3. The fourth-order valence-electron chi connectivity index (χ4n) is 2.96. The Labute approximate surface area is 148 Å². The molecular weight excluding hydrogens is 316 g/mol. The van der Waals surface area contributed by atoms with Crippen LogP contribution in [-0.4, -0.2) is 24.1 Å². The van der Waals surface area contributed by atoms with Crippen molar-refractivity contribution in [3.63, 3.8) is 0 Å². The predicted octanol–water partition coefficient (Wildman–Crippen LogP) is 2.88. The van der Waals surface area contributed by atoms with E-state index in [-0.39, 0.29) is 22.4 Å². The molecule has 5 heteroatoms. The number of carbonyl (C=O) groups is 1. The predicted molar refractivity (Wildman–Crippen MR) is 99.3 cm³/mol. The summed E-state index contributed by atoms with van der Waals surface area (Å²) in [6.07, 6.45) is 3.30. The summed E-state index contributed by atoms with van der Waals surface area (Å²) in [5.74, 6) is 0.523. The van der Waals surface area contributed by atoms with Crippen LogP contribution in [0.1, 0.15) is 42.6 Å². The maximum absolute atomic E-state index is 12.3. The highest BCUT2D eigenvalue weighted by molar-refractivity contribution is 5.93. The largest absolute Gasteiger partial charge is 0.496 e. The van der Waals surface area contributed by atoms with Crippen LogP contribution < -0.4 is 15.6 Å². The number of aryl methyl sites for hydroxylation is 1. The number of hydrogen-bond donors (Lipinski definition) is 1. The molecule has 0 spiro atoms. The van der Waals surface area contributed by atoms with Gasteiger partial charge >= 0.3 is 0 Å². The van der Waals surface area contributed by atoms with E-state index < -0.39 is 0 Å². The van der Waals surface area contributed by atoms with Gasteiger partial charge in [0.25, 0.3) is 11.5 Å². The summed E-state index contributed by atoms with van der Waals surface area (Å²) in [6, 6.07) is 11.2. The van der Waals surface area contributed by atoms with Gasteiger partial charge in [0.15, 0.2) is 0 Å². The van der Waals surface area contributed by atoms with Crippen LogP contribution in [0.2, 0.25) is 0 Å². The summed E-state index contributed by atoms with van der Waals surface area (Å²) in [4.78, 5) is 24.3. The molecule has 0 unspecified atom stereocenters. The number of para-hydroxylation sites is 1. The quantitative estimate of drug-likeness (QED) is 0.842. The second kappa shape index (κ2) is 8.01. The summed E-state index contributed by atoms with van der Waals surface area (Å²) >= 11 is 0. The van der Waals surface area contributed by atoms with Gasteiger partial charge in [0, 0.05) is 25.4 Å². The molecule has 0 aliphatic heterocycles. The van der Waals surface area contributed by atoms with E-state index in [0.29, 0.717) is 6.54 Å². The molecule has 1 N–H and O–H groups in total. The lowest BCUT2D eigenvalue weighted by atomic mass is 9.77. The fourth-order valence-corrected chi connectivity index (χ4v) is 2.96. The van der Waals surface area contributed by atoms with Gasteiger partial charge in [0.2, 0.25) is 0 Å². The van der Waals surface area contributed by atoms with Crippen LogP contribution in [0.5, 0.6) is 5.75 Å². The second-order valence-electron chi connectivity index (χ2n) is 6.46. The Hall–Kier alpha value is -2.56. The van der Waals surface area contributed by atoms with E-state index in [1.165, 1.54) is 4.57 Å². The molecule has 1 amide bonds. The van der Waals surface area contributed by atoms with Gasteiger partial charge in [0.1, 0.15) is 11.3 Å². The first-order valence-corrected chi connectivity index (χ1v) is 8.50. The van der Waals surface area contributed by atoms with Crippen LogP contribution in [0.4, 0.5) is 0 Å². The minimum atomic E-state index is -0.334. The minimum absolute atomic E-state index is 0.123. The van der Waals surface area contributed by atoms with Crippen LogP contribution in [-0.2, 0) is 12.5 Å². The van der Waals surface area contributed by atoms with Gasteiger partial charge in [0.05, 0.1) is 7.11 Å². The maximum Gasteiger partial charge on any atom is 0.263 e. The third-order valence-electron chi connectivity index (χ3n) is 4.87. The van der Waals surface area contributed by atoms with Crippen molar-refractivity contribution < 1.29 is 9.53 Å². The van der Waals surface area contributed by atoms with Gasteiger partial charge < -0.3 is 14.6 Å². The van der Waals surface area contributed by atoms with Crippen molar-refractivity contribution in [1.82, 2.24) is 9.88 Å². The number of benzene rings is 1. The number of ether oxygens (including phenoxy) is 1. The maximum atomic E-state index is 12.3. The van der Waals surface area contributed by atoms with Crippen molar-refractivity contribution >= 4 is 5.91 Å². The summed E-state index contributed by atoms with van der Waals surface area (Å²) in [7, 11) is 3.30. The zero-order chi connectivity index (χ0) is 18.4. The van der Waals surface area contributed by atoms with Gasteiger partial charge in [-0.1, -0.05) is 32.0 Å². The molecule has 2 aromatic rings. The SMILES string of the molecule is CC[C@@](C)(CCNC(=O)c1cccn(C)c1=O)c1ccccc1OC. The molecule has 25 heavy (non-hydrogen) atoms. The Kier molecular flexibility index (Phi) is 6.02. The number of amides is 1. The summed E-state index contributed by atoms with van der Waals surface area (Å²) in [5.41, 5.74) is 0.884. The molecule has 2 rings (SSSR count). The molecule has 5 nitrogen and oxygen atoms in total. The highest BCUT2D eigenvalue weighted by atomic mass is 16.5. The molecule has 0 aliphatic rings. The van der Waals surface area contributed by atoms with Crippen LogP contribution >= 0.6 is 0 Å². The van der Waals surface area contributed by atoms with Crippen LogP contribution in [0.3, 0.4) is 0 Å². The molecular formula is C20H26N2O3. The molecule has 1 atom stereocenters. The van der Waals surface area contributed by atoms with Crippen LogP contribution in [0, 0.1) is 0 Å². The van der Waals surface area contributed by atoms with E-state index in [2.05, 4.69) is 25.2 Å². The van der Waals surface area contributed by atoms with E-state index in [9.17, 15) is 9.59 Å². The molecule has 1 heterocycles. The van der Waals surface area contributed by atoms with Gasteiger partial charge in [-0.05, 0) is 36.5 Å². The number of methoxy groups -OCH3 is 1. The van der Waals surface area contributed by atoms with Gasteiger partial charge in [-0.3, -0.25) is 9.59 Å². The van der Waals surface area contributed by atoms with Crippen LogP contribution in [0.25, 0.3) is 0 Å². The highest BCUT2D eigenvalue weighted by Crippen LogP contribution is 2.36. The summed E-state index contributed by atoms with van der Waals surface area (Å²) < 4.78 is 6.89. The third-order valence-corrected chi connectivity index (χ3v) is 4.87. The van der Waals surface area contributed by atoms with Crippen molar-refractivity contribution in [2.24, 2.45) is 7.05 Å². The third kappa shape index (κ3) is 4.10. The van der Waals surface area contributed by atoms with Gasteiger partial charge in [-0.15, -0.1) is 0 Å². The number of carbonyl (C=O) groups excluding carboxylic acids is 1. The first-order chi connectivity index (χ1) is 11.9. The Morgan fingerprint density at radius 2 is 1.96 bits per heavy atom. The first-order valence-electron chi connectivity index (χ1n) is 8.50. The van der Waals surface area contributed by atoms with E-state index in [0.717, 1.165) is 24.2 Å². The molecule has 1 aromatic carbocycles. The lowest BCUT2D eigenvalue weighted by Crippen LogP contribution is -2.35. The lowest BCUT2D eigenvalue weighted by Gasteiger charge is -2.30. The normalized spacial score (nSPS) is 13.1. The minimum Gasteiger partial charge on any atom is -0.496 e. The van der Waals surface area contributed by atoms with E-state index in [1.54, 1.807) is 32.5 Å². The molecule has 0 saturated heterocycles. The summed E-state index contributed by atoms with van der Waals surface area (Å²) in [5, 5.41) is 2.87. The van der Waals surface area contributed by atoms with Gasteiger partial charge in [-0.25, -0.2) is 0 Å². The first kappa shape index (κ1) is 18.8. The Balaban J connectivity index is 2.09. The number of rotatable bonds is 7. The van der Waals surface area contributed by atoms with Crippen molar-refractivity contribution in [3.8, 4) is 5.75 Å². The van der Waals surface area contributed by atoms with Gasteiger partial charge in [-0.2, -0.15) is 0 Å². The zero-order valence-corrected chi connectivity index (χ0v) is 15.3. The standard InChI is InChI=1S/C20H26N2O3/c1-5-20(2,16-10-6-7-11-17(16)25-4)12-13-21-18(23)15-9-8-14-22(3)19(15)24/h6-11,14H,5,12-13H2,1-4H3,(H,21,23)/t20-/m0/s1. The van der Waals surface area contributed by atoms with Crippen LogP contribution in [0.15, 0.2) is 47.4 Å². The topological polar surface area (TPSA) is 60.3 Å². The fraction of sp³-hybridized carbons (Fsp3) is 0.400. The van der Waals surface area contributed by atoms with Crippen molar-refractivity contribution in [2.45, 2.75) is 32.1 Å². The van der Waals surface area contributed by atoms with Crippen molar-refractivity contribution in [3.05, 3.63) is 64.1 Å². The lowest BCUT2D eigenvalue weighted by molar-refractivity contribution is 0.0948. The van der Waals surface area contributed by atoms with E-state index >= 15 is 0 Å². The molecule has 0 fully saturated rings. The number of nitrogens with zero attached hydrogens (tertiary/aromatic N) is 1. The zero-order valence-electron chi connectivity index (χ0n) is 15.3.